The Kier molecular flexibility index (Phi) is 6.69. The Hall–Kier alpha value is -3.09. The fourth-order valence-corrected chi connectivity index (χ4v) is 3.43. The van der Waals surface area contributed by atoms with Crippen molar-refractivity contribution in [1.29, 1.82) is 0 Å². The minimum absolute atomic E-state index is 0.0665. The molecule has 2 aromatic rings. The lowest BCUT2D eigenvalue weighted by Crippen LogP contribution is -2.45. The number of ether oxygens (including phenoxy) is 2. The van der Waals surface area contributed by atoms with Crippen LogP contribution in [-0.4, -0.2) is 48.5 Å². The van der Waals surface area contributed by atoms with Crippen LogP contribution in [0.2, 0.25) is 0 Å². The van der Waals surface area contributed by atoms with Crippen LogP contribution in [0.4, 0.5) is 0 Å². The number of esters is 2. The van der Waals surface area contributed by atoms with E-state index in [1.165, 1.54) is 6.26 Å². The van der Waals surface area contributed by atoms with Crippen LogP contribution in [0.5, 0.6) is 0 Å². The predicted octanol–water partition coefficient (Wildman–Crippen LogP) is 3.29. The smallest absolute Gasteiger partial charge is 0.375 e. The molecule has 1 aromatic heterocycles. The molecule has 1 aliphatic rings. The second kappa shape index (κ2) is 9.41. The van der Waals surface area contributed by atoms with E-state index in [1.54, 1.807) is 24.8 Å². The summed E-state index contributed by atoms with van der Waals surface area (Å²) in [5, 5.41) is 0. The number of carbonyl (C=O) groups is 3. The van der Waals surface area contributed by atoms with Crippen molar-refractivity contribution in [2.24, 2.45) is 5.92 Å². The van der Waals surface area contributed by atoms with E-state index in [4.69, 9.17) is 13.9 Å². The third-order valence-electron chi connectivity index (χ3n) is 4.99. The minimum Gasteiger partial charge on any atom is -0.466 e. The van der Waals surface area contributed by atoms with Gasteiger partial charge < -0.3 is 18.8 Å². The molecule has 7 nitrogen and oxygen atoms in total. The molecule has 1 aromatic carbocycles. The van der Waals surface area contributed by atoms with Gasteiger partial charge in [-0.3, -0.25) is 9.59 Å². The van der Waals surface area contributed by atoms with Crippen molar-refractivity contribution >= 4 is 17.8 Å². The molecule has 1 aliphatic heterocycles. The van der Waals surface area contributed by atoms with Gasteiger partial charge >= 0.3 is 11.9 Å². The van der Waals surface area contributed by atoms with Crippen molar-refractivity contribution in [2.75, 3.05) is 19.7 Å². The van der Waals surface area contributed by atoms with Gasteiger partial charge in [0, 0.05) is 18.7 Å². The molecule has 3 rings (SSSR count). The Morgan fingerprint density at radius 3 is 2.48 bits per heavy atom. The van der Waals surface area contributed by atoms with E-state index in [-0.39, 0.29) is 23.6 Å². The Morgan fingerprint density at radius 2 is 1.83 bits per heavy atom. The fraction of sp³-hybridized carbons (Fsp3) is 0.409. The maximum Gasteiger partial charge on any atom is 0.375 e. The van der Waals surface area contributed by atoms with Gasteiger partial charge in [0.1, 0.15) is 0 Å². The van der Waals surface area contributed by atoms with Crippen molar-refractivity contribution in [3.8, 4) is 11.1 Å². The second-order valence-corrected chi connectivity index (χ2v) is 6.93. The molecule has 0 N–H and O–H groups in total. The molecule has 7 heteroatoms. The van der Waals surface area contributed by atoms with Crippen LogP contribution < -0.4 is 0 Å². The average Bonchev–Trinajstić information content (AvgIpc) is 3.24. The van der Waals surface area contributed by atoms with Crippen molar-refractivity contribution < 1.29 is 28.3 Å². The van der Waals surface area contributed by atoms with E-state index < -0.39 is 12.1 Å². The summed E-state index contributed by atoms with van der Waals surface area (Å²) in [5.74, 6) is -1.31. The van der Waals surface area contributed by atoms with E-state index in [9.17, 15) is 14.4 Å². The summed E-state index contributed by atoms with van der Waals surface area (Å²) in [6.07, 6.45) is 1.56. The van der Waals surface area contributed by atoms with Crippen LogP contribution in [0.1, 0.15) is 37.2 Å². The summed E-state index contributed by atoms with van der Waals surface area (Å²) in [6, 6.07) is 11.0. The zero-order valence-electron chi connectivity index (χ0n) is 16.6. The molecule has 1 amide bonds. The number of amides is 1. The third-order valence-corrected chi connectivity index (χ3v) is 4.99. The molecule has 0 aliphatic carbocycles. The van der Waals surface area contributed by atoms with Crippen LogP contribution >= 0.6 is 0 Å². The molecular formula is C22H25NO6. The number of hydrogen-bond acceptors (Lipinski definition) is 6. The molecular weight excluding hydrogens is 374 g/mol. The summed E-state index contributed by atoms with van der Waals surface area (Å²) in [7, 11) is 0. The maximum absolute atomic E-state index is 12.7. The van der Waals surface area contributed by atoms with Crippen LogP contribution in [0.15, 0.2) is 47.1 Å². The first-order chi connectivity index (χ1) is 14.0. The van der Waals surface area contributed by atoms with Gasteiger partial charge in [0.15, 0.2) is 6.10 Å². The summed E-state index contributed by atoms with van der Waals surface area (Å²) >= 11 is 0. The Bertz CT molecular complexity index is 851. The number of nitrogens with zero attached hydrogens (tertiary/aromatic N) is 1. The number of rotatable bonds is 6. The average molecular weight is 399 g/mol. The third kappa shape index (κ3) is 4.85. The van der Waals surface area contributed by atoms with Crippen molar-refractivity contribution in [2.45, 2.75) is 32.8 Å². The topological polar surface area (TPSA) is 86.0 Å². The van der Waals surface area contributed by atoms with Gasteiger partial charge in [0.25, 0.3) is 5.91 Å². The highest BCUT2D eigenvalue weighted by Crippen LogP contribution is 2.26. The van der Waals surface area contributed by atoms with Crippen LogP contribution in [0.25, 0.3) is 11.1 Å². The van der Waals surface area contributed by atoms with Crippen LogP contribution in [0.3, 0.4) is 0 Å². The van der Waals surface area contributed by atoms with Gasteiger partial charge in [0.2, 0.25) is 5.76 Å². The van der Waals surface area contributed by atoms with Gasteiger partial charge in [-0.05, 0) is 38.3 Å². The van der Waals surface area contributed by atoms with E-state index in [2.05, 4.69) is 0 Å². The summed E-state index contributed by atoms with van der Waals surface area (Å²) in [6.45, 7) is 4.53. The van der Waals surface area contributed by atoms with E-state index in [0.29, 0.717) is 38.1 Å². The Morgan fingerprint density at radius 1 is 1.14 bits per heavy atom. The largest absolute Gasteiger partial charge is 0.466 e. The van der Waals surface area contributed by atoms with Gasteiger partial charge in [-0.2, -0.15) is 0 Å². The molecule has 2 heterocycles. The maximum atomic E-state index is 12.7. The molecule has 154 valence electrons. The predicted molar refractivity (Wildman–Crippen MR) is 105 cm³/mol. The Labute approximate surface area is 169 Å². The van der Waals surface area contributed by atoms with Crippen molar-refractivity contribution in [3.63, 3.8) is 0 Å². The molecule has 0 unspecified atom stereocenters. The van der Waals surface area contributed by atoms with Crippen molar-refractivity contribution in [1.82, 2.24) is 4.90 Å². The normalized spacial score (nSPS) is 15.6. The first kappa shape index (κ1) is 20.6. The summed E-state index contributed by atoms with van der Waals surface area (Å²) in [4.78, 5) is 38.7. The van der Waals surface area contributed by atoms with Crippen LogP contribution in [0, 0.1) is 5.92 Å². The second-order valence-electron chi connectivity index (χ2n) is 6.93. The number of furan rings is 1. The lowest BCUT2D eigenvalue weighted by atomic mass is 9.97. The molecule has 29 heavy (non-hydrogen) atoms. The molecule has 1 atom stereocenters. The van der Waals surface area contributed by atoms with Gasteiger partial charge in [-0.1, -0.05) is 30.3 Å². The zero-order chi connectivity index (χ0) is 20.8. The SMILES string of the molecule is CCOC(=O)C1CCN(C(=O)[C@H](C)OC(=O)c2occc2-c2ccccc2)CC1. The monoisotopic (exact) mass is 399 g/mol. The molecule has 1 fully saturated rings. The zero-order valence-corrected chi connectivity index (χ0v) is 16.6. The van der Waals surface area contributed by atoms with E-state index >= 15 is 0 Å². The molecule has 0 spiro atoms. The number of carbonyl (C=O) groups excluding carboxylic acids is 3. The number of benzene rings is 1. The highest BCUT2D eigenvalue weighted by Gasteiger charge is 2.32. The van der Waals surface area contributed by atoms with Gasteiger partial charge in [0.05, 0.1) is 18.8 Å². The fourth-order valence-electron chi connectivity index (χ4n) is 3.43. The first-order valence-electron chi connectivity index (χ1n) is 9.80. The molecule has 0 radical (unpaired) electrons. The highest BCUT2D eigenvalue weighted by atomic mass is 16.6. The summed E-state index contributed by atoms with van der Waals surface area (Å²) < 4.78 is 15.7. The molecule has 0 bridgehead atoms. The van der Waals surface area contributed by atoms with Gasteiger partial charge in [-0.25, -0.2) is 4.79 Å². The highest BCUT2D eigenvalue weighted by molar-refractivity contribution is 5.96. The first-order valence-corrected chi connectivity index (χ1v) is 9.80. The molecule has 0 saturated carbocycles. The van der Waals surface area contributed by atoms with E-state index in [0.717, 1.165) is 5.56 Å². The quantitative estimate of drug-likeness (QED) is 0.693. The molecule has 1 saturated heterocycles. The lowest BCUT2D eigenvalue weighted by molar-refractivity contribution is -0.152. The standard InChI is InChI=1S/C22H25NO6/c1-3-27-21(25)17-9-12-23(13-10-17)20(24)15(2)29-22(26)19-18(11-14-28-19)16-7-5-4-6-8-16/h4-8,11,14-15,17H,3,9-10,12-13H2,1-2H3/t15-/m0/s1. The number of hydrogen-bond donors (Lipinski definition) is 0. The summed E-state index contributed by atoms with van der Waals surface area (Å²) in [5.41, 5.74) is 1.44. The minimum atomic E-state index is -0.949. The lowest BCUT2D eigenvalue weighted by Gasteiger charge is -2.32. The Balaban J connectivity index is 1.58. The van der Waals surface area contributed by atoms with Crippen LogP contribution in [-0.2, 0) is 19.1 Å². The number of likely N-dealkylation sites (tertiary alicyclic amines) is 1. The number of piperidine rings is 1. The van der Waals surface area contributed by atoms with Gasteiger partial charge in [-0.15, -0.1) is 0 Å². The van der Waals surface area contributed by atoms with E-state index in [1.807, 2.05) is 30.3 Å². The van der Waals surface area contributed by atoms with Crippen molar-refractivity contribution in [3.05, 3.63) is 48.4 Å².